The molecule has 2 atom stereocenters. The molecule has 13 heavy (non-hydrogen) atoms. The fraction of sp³-hybridized carbons (Fsp3) is 1.00. The maximum Gasteiger partial charge on any atom is 0.0589 e. The van der Waals surface area contributed by atoms with Crippen LogP contribution in [0.3, 0.4) is 0 Å². The summed E-state index contributed by atoms with van der Waals surface area (Å²) in [4.78, 5) is 2.46. The standard InChI is InChI=1S/C10H22N2O/c1-9(11)10-4-3-5-12(8-10)6-7-13-2/h9-10H,3-8,11H2,1-2H3/t9-,10-/m0/s1. The average molecular weight is 186 g/mol. The van der Waals surface area contributed by atoms with E-state index in [1.54, 1.807) is 7.11 Å². The van der Waals surface area contributed by atoms with Crippen molar-refractivity contribution in [3.63, 3.8) is 0 Å². The van der Waals surface area contributed by atoms with Crippen molar-refractivity contribution in [1.82, 2.24) is 4.90 Å². The van der Waals surface area contributed by atoms with Crippen LogP contribution in [0.1, 0.15) is 19.8 Å². The molecule has 1 fully saturated rings. The molecule has 1 rings (SSSR count). The number of hydrogen-bond donors (Lipinski definition) is 1. The zero-order valence-electron chi connectivity index (χ0n) is 8.83. The topological polar surface area (TPSA) is 38.5 Å². The molecule has 2 N–H and O–H groups in total. The molecule has 0 spiro atoms. The van der Waals surface area contributed by atoms with Crippen LogP contribution in [0.4, 0.5) is 0 Å². The molecule has 0 bridgehead atoms. The van der Waals surface area contributed by atoms with E-state index in [1.165, 1.54) is 19.4 Å². The fourth-order valence-electron chi connectivity index (χ4n) is 1.94. The molecule has 0 unspecified atom stereocenters. The molecule has 0 radical (unpaired) electrons. The summed E-state index contributed by atoms with van der Waals surface area (Å²) in [5.41, 5.74) is 5.90. The van der Waals surface area contributed by atoms with Crippen LogP contribution >= 0.6 is 0 Å². The van der Waals surface area contributed by atoms with Gasteiger partial charge in [-0.15, -0.1) is 0 Å². The monoisotopic (exact) mass is 186 g/mol. The van der Waals surface area contributed by atoms with Gasteiger partial charge in [0.25, 0.3) is 0 Å². The first-order chi connectivity index (χ1) is 6.24. The van der Waals surface area contributed by atoms with Crippen LogP contribution in [0, 0.1) is 5.92 Å². The van der Waals surface area contributed by atoms with E-state index in [1.807, 2.05) is 0 Å². The summed E-state index contributed by atoms with van der Waals surface area (Å²) < 4.78 is 5.07. The van der Waals surface area contributed by atoms with Crippen LogP contribution in [0.2, 0.25) is 0 Å². The highest BCUT2D eigenvalue weighted by atomic mass is 16.5. The molecule has 0 aromatic heterocycles. The Kier molecular flexibility index (Phi) is 4.70. The van der Waals surface area contributed by atoms with Gasteiger partial charge in [-0.2, -0.15) is 0 Å². The van der Waals surface area contributed by atoms with Gasteiger partial charge in [-0.25, -0.2) is 0 Å². The van der Waals surface area contributed by atoms with E-state index in [2.05, 4.69) is 11.8 Å². The predicted molar refractivity (Wildman–Crippen MR) is 54.7 cm³/mol. The number of likely N-dealkylation sites (tertiary alicyclic amines) is 1. The Balaban J connectivity index is 2.25. The Morgan fingerprint density at radius 1 is 1.62 bits per heavy atom. The van der Waals surface area contributed by atoms with Gasteiger partial charge in [-0.3, -0.25) is 0 Å². The Labute approximate surface area is 81.2 Å². The van der Waals surface area contributed by atoms with E-state index in [4.69, 9.17) is 10.5 Å². The van der Waals surface area contributed by atoms with E-state index in [9.17, 15) is 0 Å². The summed E-state index contributed by atoms with van der Waals surface area (Å²) in [7, 11) is 1.76. The average Bonchev–Trinajstić information content (AvgIpc) is 2.15. The number of ether oxygens (including phenoxy) is 1. The maximum atomic E-state index is 5.90. The van der Waals surface area contributed by atoms with E-state index in [0.29, 0.717) is 12.0 Å². The van der Waals surface area contributed by atoms with Crippen molar-refractivity contribution in [1.29, 1.82) is 0 Å². The number of piperidine rings is 1. The molecule has 3 nitrogen and oxygen atoms in total. The molecule has 0 aliphatic carbocycles. The van der Waals surface area contributed by atoms with Crippen LogP contribution < -0.4 is 5.73 Å². The largest absolute Gasteiger partial charge is 0.383 e. The third-order valence-electron chi connectivity index (χ3n) is 2.90. The molecule has 1 heterocycles. The number of methoxy groups -OCH3 is 1. The van der Waals surface area contributed by atoms with Crippen molar-refractivity contribution in [3.05, 3.63) is 0 Å². The Bertz CT molecular complexity index is 139. The highest BCUT2D eigenvalue weighted by Gasteiger charge is 2.21. The van der Waals surface area contributed by atoms with Gasteiger partial charge in [-0.1, -0.05) is 0 Å². The predicted octanol–water partition coefficient (Wildman–Crippen LogP) is 0.692. The molecule has 1 aliphatic heterocycles. The summed E-state index contributed by atoms with van der Waals surface area (Å²) >= 11 is 0. The van der Waals surface area contributed by atoms with Crippen LogP contribution in [-0.4, -0.2) is 44.3 Å². The third kappa shape index (κ3) is 3.63. The second-order valence-electron chi connectivity index (χ2n) is 4.05. The first kappa shape index (κ1) is 11.0. The van der Waals surface area contributed by atoms with Crippen molar-refractivity contribution in [2.75, 3.05) is 33.4 Å². The highest BCUT2D eigenvalue weighted by Crippen LogP contribution is 2.18. The van der Waals surface area contributed by atoms with Crippen molar-refractivity contribution in [2.24, 2.45) is 11.7 Å². The minimum atomic E-state index is 0.338. The molecule has 0 aromatic rings. The Hall–Kier alpha value is -0.120. The third-order valence-corrected chi connectivity index (χ3v) is 2.90. The lowest BCUT2D eigenvalue weighted by Crippen LogP contribution is -2.43. The van der Waals surface area contributed by atoms with Crippen molar-refractivity contribution < 1.29 is 4.74 Å². The molecule has 1 aliphatic rings. The summed E-state index contributed by atoms with van der Waals surface area (Å²) in [5.74, 6) is 0.686. The summed E-state index contributed by atoms with van der Waals surface area (Å²) in [5, 5.41) is 0. The zero-order valence-corrected chi connectivity index (χ0v) is 8.83. The molecule has 1 saturated heterocycles. The number of hydrogen-bond acceptors (Lipinski definition) is 3. The van der Waals surface area contributed by atoms with Crippen LogP contribution in [0.5, 0.6) is 0 Å². The SMILES string of the molecule is COCCN1CCC[C@H]([C@H](C)N)C1. The van der Waals surface area contributed by atoms with E-state index in [-0.39, 0.29) is 0 Å². The van der Waals surface area contributed by atoms with Gasteiger partial charge in [-0.05, 0) is 32.2 Å². The van der Waals surface area contributed by atoms with Crippen molar-refractivity contribution >= 4 is 0 Å². The van der Waals surface area contributed by atoms with Gasteiger partial charge >= 0.3 is 0 Å². The lowest BCUT2D eigenvalue weighted by Gasteiger charge is -2.34. The molecule has 78 valence electrons. The van der Waals surface area contributed by atoms with Gasteiger partial charge in [0.1, 0.15) is 0 Å². The highest BCUT2D eigenvalue weighted by molar-refractivity contribution is 4.78. The molecular formula is C10H22N2O. The summed E-state index contributed by atoms with van der Waals surface area (Å²) in [6, 6.07) is 0.338. The second-order valence-corrected chi connectivity index (χ2v) is 4.05. The number of nitrogens with zero attached hydrogens (tertiary/aromatic N) is 1. The van der Waals surface area contributed by atoms with E-state index >= 15 is 0 Å². The normalized spacial score (nSPS) is 27.5. The first-order valence-corrected chi connectivity index (χ1v) is 5.21. The molecular weight excluding hydrogens is 164 g/mol. The number of nitrogens with two attached hydrogens (primary N) is 1. The van der Waals surface area contributed by atoms with Crippen molar-refractivity contribution in [3.8, 4) is 0 Å². The van der Waals surface area contributed by atoms with Crippen LogP contribution in [0.25, 0.3) is 0 Å². The lowest BCUT2D eigenvalue weighted by molar-refractivity contribution is 0.109. The first-order valence-electron chi connectivity index (χ1n) is 5.21. The summed E-state index contributed by atoms with van der Waals surface area (Å²) in [6.45, 7) is 6.38. The molecule has 0 saturated carbocycles. The van der Waals surface area contributed by atoms with E-state index in [0.717, 1.165) is 19.7 Å². The lowest BCUT2D eigenvalue weighted by atomic mass is 9.92. The Morgan fingerprint density at radius 2 is 2.38 bits per heavy atom. The van der Waals surface area contributed by atoms with Crippen molar-refractivity contribution in [2.45, 2.75) is 25.8 Å². The minimum Gasteiger partial charge on any atom is -0.383 e. The molecule has 0 aromatic carbocycles. The Morgan fingerprint density at radius 3 is 3.00 bits per heavy atom. The number of rotatable bonds is 4. The van der Waals surface area contributed by atoms with Gasteiger partial charge in [0.15, 0.2) is 0 Å². The molecule has 0 amide bonds. The van der Waals surface area contributed by atoms with Gasteiger partial charge in [0.2, 0.25) is 0 Å². The van der Waals surface area contributed by atoms with Gasteiger partial charge in [0.05, 0.1) is 6.61 Å². The van der Waals surface area contributed by atoms with E-state index < -0.39 is 0 Å². The van der Waals surface area contributed by atoms with Gasteiger partial charge in [0, 0.05) is 26.2 Å². The van der Waals surface area contributed by atoms with Gasteiger partial charge < -0.3 is 15.4 Å². The second kappa shape index (κ2) is 5.58. The smallest absolute Gasteiger partial charge is 0.0589 e. The van der Waals surface area contributed by atoms with Crippen LogP contribution in [0.15, 0.2) is 0 Å². The fourth-order valence-corrected chi connectivity index (χ4v) is 1.94. The molecule has 3 heteroatoms. The quantitative estimate of drug-likeness (QED) is 0.702. The maximum absolute atomic E-state index is 5.90. The summed E-state index contributed by atoms with van der Waals surface area (Å²) in [6.07, 6.45) is 2.58. The minimum absolute atomic E-state index is 0.338. The zero-order chi connectivity index (χ0) is 9.68. The van der Waals surface area contributed by atoms with Crippen LogP contribution in [-0.2, 0) is 4.74 Å².